The number of H-pyrrole nitrogens is 1. The van der Waals surface area contributed by atoms with Crippen LogP contribution in [0.25, 0.3) is 11.3 Å². The lowest BCUT2D eigenvalue weighted by atomic mass is 10.0. The highest BCUT2D eigenvalue weighted by Crippen LogP contribution is 2.30. The molecule has 6 nitrogen and oxygen atoms in total. The lowest BCUT2D eigenvalue weighted by Gasteiger charge is -2.32. The average Bonchev–Trinajstić information content (AvgIpc) is 3.23. The van der Waals surface area contributed by atoms with Gasteiger partial charge in [-0.25, -0.2) is 4.98 Å². The van der Waals surface area contributed by atoms with Crippen LogP contribution < -0.4 is 0 Å². The maximum atomic E-state index is 11.8. The number of aromatic nitrogens is 2. The van der Waals surface area contributed by atoms with Gasteiger partial charge in [0.2, 0.25) is 0 Å². The van der Waals surface area contributed by atoms with Crippen molar-refractivity contribution in [3.63, 3.8) is 0 Å². The number of aliphatic carboxylic acids is 1. The van der Waals surface area contributed by atoms with Crippen LogP contribution in [0.5, 0.6) is 0 Å². The second-order valence-corrected chi connectivity index (χ2v) is 6.34. The quantitative estimate of drug-likeness (QED) is 0.764. The predicted octanol–water partition coefficient (Wildman–Crippen LogP) is 3.16. The van der Waals surface area contributed by atoms with Gasteiger partial charge >= 0.3 is 5.97 Å². The molecule has 0 saturated carbocycles. The van der Waals surface area contributed by atoms with Crippen LogP contribution >= 0.6 is 0 Å². The van der Waals surface area contributed by atoms with Crippen molar-refractivity contribution in [1.82, 2.24) is 14.9 Å². The van der Waals surface area contributed by atoms with Crippen molar-refractivity contribution in [3.8, 4) is 11.3 Å². The van der Waals surface area contributed by atoms with Gasteiger partial charge in [0.1, 0.15) is 11.5 Å². The minimum Gasteiger partial charge on any atom is -0.480 e. The van der Waals surface area contributed by atoms with Gasteiger partial charge in [0, 0.05) is 30.8 Å². The normalized spacial score (nSPS) is 17.4. The molecule has 0 saturated heterocycles. The Morgan fingerprint density at radius 3 is 3.04 bits per heavy atom. The second kappa shape index (κ2) is 6.22. The largest absolute Gasteiger partial charge is 0.480 e. The lowest BCUT2D eigenvalue weighted by Crippen LogP contribution is -2.39. The zero-order chi connectivity index (χ0) is 17.4. The molecule has 2 aromatic heterocycles. The third-order valence-electron chi connectivity index (χ3n) is 4.60. The van der Waals surface area contributed by atoms with Crippen LogP contribution in [0.1, 0.15) is 28.8 Å². The van der Waals surface area contributed by atoms with Crippen LogP contribution in [-0.4, -0.2) is 32.5 Å². The Balaban J connectivity index is 1.61. The molecule has 0 bridgehead atoms. The number of nitrogens with one attached hydrogen (secondary N) is 1. The fourth-order valence-corrected chi connectivity index (χ4v) is 3.42. The first kappa shape index (κ1) is 15.7. The van der Waals surface area contributed by atoms with Crippen molar-refractivity contribution in [2.45, 2.75) is 25.9 Å². The number of imidazole rings is 1. The zero-order valence-electron chi connectivity index (χ0n) is 13.9. The van der Waals surface area contributed by atoms with E-state index in [1.54, 1.807) is 6.33 Å². The molecule has 0 amide bonds. The van der Waals surface area contributed by atoms with E-state index in [-0.39, 0.29) is 0 Å². The molecule has 3 aromatic rings. The summed E-state index contributed by atoms with van der Waals surface area (Å²) >= 11 is 0. The van der Waals surface area contributed by atoms with Crippen molar-refractivity contribution < 1.29 is 14.3 Å². The molecular weight excluding hydrogens is 318 g/mol. The maximum absolute atomic E-state index is 11.8. The molecule has 2 N–H and O–H groups in total. The number of fused-ring (bicyclic) bond motifs is 1. The standard InChI is InChI=1S/C19H19N3O3/c1-12-5-6-16(25-12)14-4-2-3-13(9-14)10-22-8-7-15-17(21-11-20-15)18(22)19(23)24/h2-6,9,11,18H,7-8,10H2,1H3,(H,20,21)(H,23,24)/t18-/m1/s1. The van der Waals surface area contributed by atoms with Gasteiger partial charge in [-0.05, 0) is 30.7 Å². The van der Waals surface area contributed by atoms with Crippen LogP contribution in [0.15, 0.2) is 47.1 Å². The molecule has 0 fully saturated rings. The summed E-state index contributed by atoms with van der Waals surface area (Å²) in [6.45, 7) is 3.15. The number of rotatable bonds is 4. The van der Waals surface area contributed by atoms with Crippen LogP contribution in [0, 0.1) is 6.92 Å². The Morgan fingerprint density at radius 2 is 2.28 bits per heavy atom. The molecule has 0 aliphatic carbocycles. The number of carboxylic acid groups (broad SMARTS) is 1. The van der Waals surface area contributed by atoms with Crippen molar-refractivity contribution in [2.75, 3.05) is 6.54 Å². The van der Waals surface area contributed by atoms with Crippen molar-refractivity contribution in [1.29, 1.82) is 0 Å². The summed E-state index contributed by atoms with van der Waals surface area (Å²) < 4.78 is 5.69. The fraction of sp³-hybridized carbons (Fsp3) is 0.263. The Hall–Kier alpha value is -2.86. The van der Waals surface area contributed by atoms with E-state index in [2.05, 4.69) is 16.0 Å². The molecule has 0 radical (unpaired) electrons. The first-order valence-corrected chi connectivity index (χ1v) is 8.26. The summed E-state index contributed by atoms with van der Waals surface area (Å²) in [6.07, 6.45) is 2.35. The topological polar surface area (TPSA) is 82.4 Å². The van der Waals surface area contributed by atoms with Crippen LogP contribution in [0.2, 0.25) is 0 Å². The molecule has 0 unspecified atom stereocenters. The van der Waals surface area contributed by atoms with E-state index in [4.69, 9.17) is 4.42 Å². The summed E-state index contributed by atoms with van der Waals surface area (Å²) in [7, 11) is 0. The van der Waals surface area contributed by atoms with Crippen molar-refractivity contribution >= 4 is 5.97 Å². The van der Waals surface area contributed by atoms with E-state index >= 15 is 0 Å². The summed E-state index contributed by atoms with van der Waals surface area (Å²) in [4.78, 5) is 21.0. The smallest absolute Gasteiger partial charge is 0.327 e. The first-order valence-electron chi connectivity index (χ1n) is 8.26. The summed E-state index contributed by atoms with van der Waals surface area (Å²) in [5.41, 5.74) is 3.59. The fourth-order valence-electron chi connectivity index (χ4n) is 3.42. The molecule has 1 aliphatic rings. The number of carbonyl (C=O) groups is 1. The second-order valence-electron chi connectivity index (χ2n) is 6.34. The van der Waals surface area contributed by atoms with Gasteiger partial charge < -0.3 is 14.5 Å². The molecule has 128 valence electrons. The molecule has 0 spiro atoms. The highest BCUT2D eigenvalue weighted by molar-refractivity contribution is 5.75. The van der Waals surface area contributed by atoms with Gasteiger partial charge in [-0.15, -0.1) is 0 Å². The van der Waals surface area contributed by atoms with E-state index < -0.39 is 12.0 Å². The minimum absolute atomic E-state index is 0.552. The van der Waals surface area contributed by atoms with E-state index in [0.717, 1.165) is 34.8 Å². The molecule has 3 heterocycles. The molecule has 4 rings (SSSR count). The first-order chi connectivity index (χ1) is 12.1. The van der Waals surface area contributed by atoms with E-state index in [1.807, 2.05) is 42.2 Å². The number of nitrogens with zero attached hydrogens (tertiary/aromatic N) is 2. The lowest BCUT2D eigenvalue weighted by molar-refractivity contribution is -0.144. The van der Waals surface area contributed by atoms with Gasteiger partial charge in [-0.1, -0.05) is 18.2 Å². The predicted molar refractivity (Wildman–Crippen MR) is 92.0 cm³/mol. The van der Waals surface area contributed by atoms with E-state index in [1.165, 1.54) is 0 Å². The van der Waals surface area contributed by atoms with Crippen LogP contribution in [-0.2, 0) is 17.8 Å². The van der Waals surface area contributed by atoms with Gasteiger partial charge in [0.15, 0.2) is 6.04 Å². The summed E-state index contributed by atoms with van der Waals surface area (Å²) in [5, 5.41) is 9.68. The summed E-state index contributed by atoms with van der Waals surface area (Å²) in [6, 6.07) is 11.2. The monoisotopic (exact) mass is 337 g/mol. The van der Waals surface area contributed by atoms with Crippen molar-refractivity contribution in [2.24, 2.45) is 0 Å². The molecule has 1 aromatic carbocycles. The molecule has 1 atom stereocenters. The van der Waals surface area contributed by atoms with Gasteiger partial charge in [0.25, 0.3) is 0 Å². The van der Waals surface area contributed by atoms with Gasteiger partial charge in [0.05, 0.1) is 12.0 Å². The molecule has 1 aliphatic heterocycles. The SMILES string of the molecule is Cc1ccc(-c2cccc(CN3CCc4[nH]cnc4[C@@H]3C(=O)O)c2)o1. The Labute approximate surface area is 145 Å². The number of furan rings is 1. The van der Waals surface area contributed by atoms with Crippen molar-refractivity contribution in [3.05, 3.63) is 65.4 Å². The number of carboxylic acids is 1. The minimum atomic E-state index is -0.870. The number of hydrogen-bond acceptors (Lipinski definition) is 4. The number of benzene rings is 1. The maximum Gasteiger partial charge on any atom is 0.327 e. The van der Waals surface area contributed by atoms with Crippen LogP contribution in [0.4, 0.5) is 0 Å². The number of aromatic amines is 1. The molecule has 6 heteroatoms. The third-order valence-corrected chi connectivity index (χ3v) is 4.60. The van der Waals surface area contributed by atoms with Gasteiger partial charge in [-0.2, -0.15) is 0 Å². The number of aryl methyl sites for hydroxylation is 1. The highest BCUT2D eigenvalue weighted by Gasteiger charge is 2.35. The zero-order valence-corrected chi connectivity index (χ0v) is 13.9. The average molecular weight is 337 g/mol. The van der Waals surface area contributed by atoms with Gasteiger partial charge in [-0.3, -0.25) is 9.69 Å². The number of hydrogen-bond donors (Lipinski definition) is 2. The highest BCUT2D eigenvalue weighted by atomic mass is 16.4. The third kappa shape index (κ3) is 2.96. The Bertz CT molecular complexity index is 912. The molecular formula is C19H19N3O3. The molecule has 25 heavy (non-hydrogen) atoms. The van der Waals surface area contributed by atoms with E-state index in [9.17, 15) is 9.90 Å². The Morgan fingerprint density at radius 1 is 1.40 bits per heavy atom. The van der Waals surface area contributed by atoms with Crippen LogP contribution in [0.3, 0.4) is 0 Å². The Kier molecular flexibility index (Phi) is 3.89. The van der Waals surface area contributed by atoms with E-state index in [0.29, 0.717) is 18.8 Å². The summed E-state index contributed by atoms with van der Waals surface area (Å²) in [5.74, 6) is 0.821.